The van der Waals surface area contributed by atoms with Crippen molar-refractivity contribution in [2.24, 2.45) is 10.9 Å². The molecule has 2 fully saturated rings. The number of methoxy groups -OCH3 is 1. The van der Waals surface area contributed by atoms with Gasteiger partial charge in [0.25, 0.3) is 0 Å². The van der Waals surface area contributed by atoms with Gasteiger partial charge in [0.2, 0.25) is 0 Å². The number of nitrogens with one attached hydrogen (secondary N) is 1. The number of nitriles is 1. The lowest BCUT2D eigenvalue weighted by Crippen LogP contribution is -2.66. The number of carbonyl (C=O) groups excluding carboxylic acids is 2. The first kappa shape index (κ1) is 29.1. The van der Waals surface area contributed by atoms with Gasteiger partial charge in [0.05, 0.1) is 35.7 Å². The van der Waals surface area contributed by atoms with E-state index in [0.29, 0.717) is 44.6 Å². The molecule has 0 bridgehead atoms. The van der Waals surface area contributed by atoms with Crippen LogP contribution >= 0.6 is 0 Å². The van der Waals surface area contributed by atoms with Crippen LogP contribution in [0.4, 0.5) is 24.1 Å². The maximum Gasteiger partial charge on any atom is 0.352 e. The van der Waals surface area contributed by atoms with Crippen molar-refractivity contribution in [1.29, 1.82) is 5.26 Å². The molecule has 3 aliphatic rings. The third kappa shape index (κ3) is 5.43. The van der Waals surface area contributed by atoms with E-state index in [0.717, 1.165) is 22.7 Å². The minimum atomic E-state index is -1.54. The maximum atomic E-state index is 14.4. The fraction of sp³-hybridized carbons (Fsp3) is 0.414. The number of nitrogens with zero attached hydrogens (tertiary/aromatic N) is 5. The zero-order valence-electron chi connectivity index (χ0n) is 22.9. The van der Waals surface area contributed by atoms with Crippen LogP contribution in [0.1, 0.15) is 30.0 Å². The topological polar surface area (TPSA) is 139 Å². The Balaban J connectivity index is 1.49. The molecular weight excluding hydrogens is 550 g/mol. The average molecular weight is 581 g/mol. The minimum absolute atomic E-state index is 0.0545. The highest BCUT2D eigenvalue weighted by molar-refractivity contribution is 6.12. The number of urea groups is 2. The number of hydrogen-bond acceptors (Lipinski definition) is 7. The monoisotopic (exact) mass is 580 g/mol. The largest absolute Gasteiger partial charge is 0.481 e. The normalized spacial score (nSPS) is 21.4. The molecule has 0 radical (unpaired) electrons. The van der Waals surface area contributed by atoms with Gasteiger partial charge in [0.1, 0.15) is 12.0 Å². The van der Waals surface area contributed by atoms with Crippen molar-refractivity contribution in [3.8, 4) is 6.07 Å². The molecule has 3 aliphatic heterocycles. The number of aliphatic imine (C=N–C) groups is 1. The molecule has 4 amide bonds. The highest BCUT2D eigenvalue weighted by atomic mass is 19.2. The van der Waals surface area contributed by atoms with Crippen molar-refractivity contribution < 1.29 is 33.0 Å². The highest BCUT2D eigenvalue weighted by Crippen LogP contribution is 2.37. The zero-order valence-corrected chi connectivity index (χ0v) is 22.9. The lowest BCUT2D eigenvalue weighted by Gasteiger charge is -2.49. The number of carboxylic acid groups (broad SMARTS) is 1. The fourth-order valence-corrected chi connectivity index (χ4v) is 5.92. The van der Waals surface area contributed by atoms with E-state index < -0.39 is 41.6 Å². The highest BCUT2D eigenvalue weighted by Gasteiger charge is 2.50. The first-order chi connectivity index (χ1) is 20.2. The predicted molar refractivity (Wildman–Crippen MR) is 147 cm³/mol. The van der Waals surface area contributed by atoms with Crippen LogP contribution in [0.2, 0.25) is 0 Å². The predicted octanol–water partition coefficient (Wildman–Crippen LogP) is 3.16. The van der Waals surface area contributed by atoms with Gasteiger partial charge in [-0.25, -0.2) is 23.3 Å². The first-order valence-electron chi connectivity index (χ1n) is 13.6. The van der Waals surface area contributed by atoms with Crippen LogP contribution in [0.5, 0.6) is 0 Å². The average Bonchev–Trinajstić information content (AvgIpc) is 2.95. The van der Waals surface area contributed by atoms with Crippen molar-refractivity contribution in [2.75, 3.05) is 44.8 Å². The van der Waals surface area contributed by atoms with Crippen LogP contribution < -0.4 is 10.2 Å². The number of imide groups is 1. The number of carboxylic acids is 1. The van der Waals surface area contributed by atoms with Gasteiger partial charge in [-0.05, 0) is 42.7 Å². The van der Waals surface area contributed by atoms with Gasteiger partial charge >= 0.3 is 18.0 Å². The molecule has 0 aromatic heterocycles. The smallest absolute Gasteiger partial charge is 0.352 e. The summed E-state index contributed by atoms with van der Waals surface area (Å²) in [5, 5.41) is 22.9. The number of amides is 4. The van der Waals surface area contributed by atoms with Crippen LogP contribution in [0.3, 0.4) is 0 Å². The molecule has 2 unspecified atom stereocenters. The van der Waals surface area contributed by atoms with Gasteiger partial charge in [-0.2, -0.15) is 10.3 Å². The molecular formula is C29H30F2N6O5. The number of aliphatic carboxylic acids is 1. The molecule has 5 rings (SSSR count). The quantitative estimate of drug-likeness (QED) is 0.510. The minimum Gasteiger partial charge on any atom is -0.481 e. The molecule has 2 saturated heterocycles. The second-order valence-corrected chi connectivity index (χ2v) is 10.5. The molecule has 0 aliphatic carbocycles. The number of carbonyl (C=O) groups is 3. The molecule has 220 valence electrons. The molecule has 3 heterocycles. The number of ether oxygens (including phenoxy) is 1. The Morgan fingerprint density at radius 2 is 1.86 bits per heavy atom. The molecule has 2 aromatic rings. The molecule has 0 spiro atoms. The Morgan fingerprint density at radius 3 is 2.45 bits per heavy atom. The van der Waals surface area contributed by atoms with E-state index >= 15 is 0 Å². The zero-order chi connectivity index (χ0) is 30.0. The number of halogens is 2. The number of anilines is 1. The van der Waals surface area contributed by atoms with Gasteiger partial charge < -0.3 is 25.0 Å². The summed E-state index contributed by atoms with van der Waals surface area (Å²) in [6.07, 6.45) is 1.06. The van der Waals surface area contributed by atoms with Crippen molar-refractivity contribution in [3.63, 3.8) is 0 Å². The number of hydrogen-bond donors (Lipinski definition) is 2. The maximum absolute atomic E-state index is 14.4. The van der Waals surface area contributed by atoms with E-state index in [1.165, 1.54) is 13.2 Å². The summed E-state index contributed by atoms with van der Waals surface area (Å²) in [6.45, 7) is 1.73. The molecule has 2 atom stereocenters. The van der Waals surface area contributed by atoms with Crippen molar-refractivity contribution in [3.05, 3.63) is 65.2 Å². The molecule has 2 N–H and O–H groups in total. The third-order valence-corrected chi connectivity index (χ3v) is 8.05. The Morgan fingerprint density at radius 1 is 1.14 bits per heavy atom. The third-order valence-electron chi connectivity index (χ3n) is 8.05. The number of para-hydroxylation sites is 1. The van der Waals surface area contributed by atoms with Gasteiger partial charge in [-0.1, -0.05) is 18.2 Å². The van der Waals surface area contributed by atoms with Crippen LogP contribution in [0.15, 0.2) is 47.5 Å². The number of rotatable bonds is 7. The number of piperidine rings is 1. The van der Waals surface area contributed by atoms with Crippen molar-refractivity contribution in [1.82, 2.24) is 15.1 Å². The summed E-state index contributed by atoms with van der Waals surface area (Å²) in [7, 11) is 1.31. The van der Waals surface area contributed by atoms with Crippen molar-refractivity contribution in [2.45, 2.75) is 31.0 Å². The standard InChI is InChI=1S/C29H30F2N6O5/c1-42-16-23-25(27(38)39)26(17-6-7-21(30)22(31)12-17)37(28(40)34-23)29(41)36(20-14-33-15-20)19-8-10-35(11-9-19)24-5-3-2-4-18(24)13-32/h2-7,12,19-20,25-26,33H,8-11,14-16H2,1H3,(H,38,39). The van der Waals surface area contributed by atoms with Crippen LogP contribution in [0.25, 0.3) is 0 Å². The Kier molecular flexibility index (Phi) is 8.46. The lowest BCUT2D eigenvalue weighted by atomic mass is 9.86. The summed E-state index contributed by atoms with van der Waals surface area (Å²) in [5.41, 5.74) is 1.16. The SMILES string of the molecule is COCC1=NC(=O)N(C(=O)N(C2CCN(c3ccccc3C#N)CC2)C2CNC2)C(c2ccc(F)c(F)c2)C1C(=O)O. The van der Waals surface area contributed by atoms with Gasteiger partial charge in [-0.3, -0.25) is 4.79 Å². The summed E-state index contributed by atoms with van der Waals surface area (Å²) < 4.78 is 33.3. The van der Waals surface area contributed by atoms with E-state index in [2.05, 4.69) is 21.3 Å². The first-order valence-corrected chi connectivity index (χ1v) is 13.6. The van der Waals surface area contributed by atoms with Gasteiger partial charge in [0, 0.05) is 39.3 Å². The van der Waals surface area contributed by atoms with E-state index in [4.69, 9.17) is 4.74 Å². The van der Waals surface area contributed by atoms with Crippen LogP contribution in [0, 0.1) is 28.9 Å². The van der Waals surface area contributed by atoms with Crippen LogP contribution in [-0.4, -0.2) is 90.6 Å². The van der Waals surface area contributed by atoms with E-state index in [1.54, 1.807) is 17.0 Å². The lowest BCUT2D eigenvalue weighted by molar-refractivity contribution is -0.141. The summed E-state index contributed by atoms with van der Waals surface area (Å²) in [5.74, 6) is -5.32. The van der Waals surface area contributed by atoms with Crippen molar-refractivity contribution >= 4 is 29.4 Å². The molecule has 13 heteroatoms. The Hall–Kier alpha value is -4.41. The second kappa shape index (κ2) is 12.2. The van der Waals surface area contributed by atoms with Gasteiger partial charge in [-0.15, -0.1) is 0 Å². The second-order valence-electron chi connectivity index (χ2n) is 10.5. The molecule has 2 aromatic carbocycles. The molecule has 0 saturated carbocycles. The Bertz CT molecular complexity index is 1450. The summed E-state index contributed by atoms with van der Waals surface area (Å²) >= 11 is 0. The molecule has 42 heavy (non-hydrogen) atoms. The Labute approximate surface area is 241 Å². The summed E-state index contributed by atoms with van der Waals surface area (Å²) in [6, 6.07) is 8.47. The fourth-order valence-electron chi connectivity index (χ4n) is 5.92. The van der Waals surface area contributed by atoms with E-state index in [-0.39, 0.29) is 30.0 Å². The van der Waals surface area contributed by atoms with Gasteiger partial charge in [0.15, 0.2) is 11.6 Å². The van der Waals surface area contributed by atoms with Crippen LogP contribution in [-0.2, 0) is 9.53 Å². The van der Waals surface area contributed by atoms with E-state index in [9.17, 15) is 33.5 Å². The molecule has 11 nitrogen and oxygen atoms in total. The summed E-state index contributed by atoms with van der Waals surface area (Å²) in [4.78, 5) is 48.7. The van der Waals surface area contributed by atoms with E-state index in [1.807, 2.05) is 12.1 Å². The number of benzene rings is 2.